The van der Waals surface area contributed by atoms with E-state index in [9.17, 15) is 0 Å². The third kappa shape index (κ3) is 10.9. The number of hydrogen-bond acceptors (Lipinski definition) is 4. The van der Waals surface area contributed by atoms with Crippen LogP contribution in [0, 0.1) is 18.8 Å². The predicted octanol–water partition coefficient (Wildman–Crippen LogP) is 4.06. The lowest BCUT2D eigenvalue weighted by molar-refractivity contribution is 0.110. The van der Waals surface area contributed by atoms with Gasteiger partial charge in [0.2, 0.25) is 0 Å². The van der Waals surface area contributed by atoms with Crippen molar-refractivity contribution in [3.05, 3.63) is 29.3 Å². The maximum atomic E-state index is 5.95. The van der Waals surface area contributed by atoms with E-state index in [1.54, 1.807) is 0 Å². The number of aryl methyl sites for hydroxylation is 1. The molecule has 1 aliphatic rings. The fourth-order valence-electron chi connectivity index (χ4n) is 3.94. The highest BCUT2D eigenvalue weighted by Crippen LogP contribution is 2.20. The maximum Gasteiger partial charge on any atom is 0.191 e. The molecule has 0 aromatic heterocycles. The van der Waals surface area contributed by atoms with Crippen molar-refractivity contribution >= 4 is 29.9 Å². The molecule has 1 aliphatic heterocycles. The Morgan fingerprint density at radius 3 is 2.77 bits per heavy atom. The van der Waals surface area contributed by atoms with E-state index in [2.05, 4.69) is 59.5 Å². The second-order valence-electron chi connectivity index (χ2n) is 8.62. The quantitative estimate of drug-likeness (QED) is 0.190. The van der Waals surface area contributed by atoms with E-state index in [0.29, 0.717) is 32.3 Å². The average molecular weight is 547 g/mol. The molecule has 0 aliphatic carbocycles. The lowest BCUT2D eigenvalue weighted by atomic mass is 9.97. The van der Waals surface area contributed by atoms with Gasteiger partial charge in [-0.15, -0.1) is 24.0 Å². The Kier molecular flexibility index (Phi) is 14.2. The second kappa shape index (κ2) is 15.7. The topological polar surface area (TPSA) is 58.1 Å². The summed E-state index contributed by atoms with van der Waals surface area (Å²) in [6.07, 6.45) is 2.57. The molecule has 1 aromatic carbocycles. The molecule has 2 rings (SSSR count). The zero-order chi connectivity index (χ0) is 21.8. The lowest BCUT2D eigenvalue weighted by Gasteiger charge is -2.34. The van der Waals surface area contributed by atoms with Crippen LogP contribution >= 0.6 is 24.0 Å². The molecular formula is C24H43IN4O2. The minimum absolute atomic E-state index is 0. The van der Waals surface area contributed by atoms with Crippen molar-refractivity contribution in [2.24, 2.45) is 16.8 Å². The number of aliphatic imine (C=N–C) groups is 1. The summed E-state index contributed by atoms with van der Waals surface area (Å²) < 4.78 is 11.3. The van der Waals surface area contributed by atoms with Gasteiger partial charge in [-0.2, -0.15) is 0 Å². The normalized spacial score (nSPS) is 17.4. The van der Waals surface area contributed by atoms with Crippen molar-refractivity contribution in [1.29, 1.82) is 0 Å². The van der Waals surface area contributed by atoms with Crippen LogP contribution in [0.25, 0.3) is 0 Å². The molecular weight excluding hydrogens is 503 g/mol. The van der Waals surface area contributed by atoms with Crippen molar-refractivity contribution in [3.63, 3.8) is 0 Å². The average Bonchev–Trinajstić information content (AvgIpc) is 2.72. The van der Waals surface area contributed by atoms with Crippen LogP contribution in [-0.2, 0) is 11.3 Å². The van der Waals surface area contributed by atoms with Gasteiger partial charge in [0.1, 0.15) is 12.4 Å². The van der Waals surface area contributed by atoms with Gasteiger partial charge in [-0.3, -0.25) is 4.99 Å². The first-order valence-corrected chi connectivity index (χ1v) is 11.5. The lowest BCUT2D eigenvalue weighted by Crippen LogP contribution is -2.45. The van der Waals surface area contributed by atoms with Crippen molar-refractivity contribution in [3.8, 4) is 5.75 Å². The molecule has 0 saturated carbocycles. The van der Waals surface area contributed by atoms with E-state index in [4.69, 9.17) is 9.47 Å². The first kappa shape index (κ1) is 28.0. The number of nitrogens with one attached hydrogen (secondary N) is 2. The highest BCUT2D eigenvalue weighted by molar-refractivity contribution is 14.0. The number of likely N-dealkylation sites (tertiary alicyclic amines) is 1. The fraction of sp³-hybridized carbons (Fsp3) is 0.708. The van der Waals surface area contributed by atoms with Gasteiger partial charge in [0.15, 0.2) is 5.96 Å². The molecule has 0 amide bonds. The molecule has 1 saturated heterocycles. The standard InChI is InChI=1S/C24H42N4O2.HI/c1-6-29-12-13-30-23-14-20(4)9-10-22(23)16-27-24(25-5)26-15-21-8-7-11-28(18-21)17-19(2)3;/h9-10,14,19,21H,6-8,11-13,15-18H2,1-5H3,(H2,25,26,27);1H. The minimum Gasteiger partial charge on any atom is -0.491 e. The summed E-state index contributed by atoms with van der Waals surface area (Å²) in [5, 5.41) is 6.97. The molecule has 1 heterocycles. The molecule has 7 heteroatoms. The van der Waals surface area contributed by atoms with Crippen LogP contribution in [0.5, 0.6) is 5.75 Å². The van der Waals surface area contributed by atoms with Crippen LogP contribution in [0.4, 0.5) is 0 Å². The predicted molar refractivity (Wildman–Crippen MR) is 141 cm³/mol. The summed E-state index contributed by atoms with van der Waals surface area (Å²) in [6, 6.07) is 6.33. The summed E-state index contributed by atoms with van der Waals surface area (Å²) in [5.41, 5.74) is 2.32. The van der Waals surface area contributed by atoms with Crippen molar-refractivity contribution in [2.75, 3.05) is 53.0 Å². The van der Waals surface area contributed by atoms with Crippen molar-refractivity contribution < 1.29 is 9.47 Å². The van der Waals surface area contributed by atoms with Gasteiger partial charge < -0.3 is 25.0 Å². The Bertz CT molecular complexity index is 654. The Balaban J connectivity index is 0.00000480. The SMILES string of the molecule is CCOCCOc1cc(C)ccc1CNC(=NC)NCC1CCCN(CC(C)C)C1.I. The number of hydrogen-bond donors (Lipinski definition) is 2. The molecule has 178 valence electrons. The molecule has 1 unspecified atom stereocenters. The molecule has 0 bridgehead atoms. The summed E-state index contributed by atoms with van der Waals surface area (Å²) in [6.45, 7) is 15.8. The molecule has 31 heavy (non-hydrogen) atoms. The number of benzene rings is 1. The monoisotopic (exact) mass is 546 g/mol. The Morgan fingerprint density at radius 1 is 1.26 bits per heavy atom. The van der Waals surface area contributed by atoms with Crippen LogP contribution in [0.1, 0.15) is 44.7 Å². The molecule has 0 radical (unpaired) electrons. The van der Waals surface area contributed by atoms with Gasteiger partial charge in [0.05, 0.1) is 6.61 Å². The summed E-state index contributed by atoms with van der Waals surface area (Å²) in [7, 11) is 1.83. The minimum atomic E-state index is 0. The van der Waals surface area contributed by atoms with E-state index in [0.717, 1.165) is 29.7 Å². The van der Waals surface area contributed by atoms with Crippen LogP contribution in [0.15, 0.2) is 23.2 Å². The first-order chi connectivity index (χ1) is 14.5. The zero-order valence-electron chi connectivity index (χ0n) is 20.1. The summed E-state index contributed by atoms with van der Waals surface area (Å²) in [5.74, 6) is 3.16. The molecule has 1 fully saturated rings. The largest absolute Gasteiger partial charge is 0.491 e. The van der Waals surface area contributed by atoms with Gasteiger partial charge in [-0.25, -0.2) is 0 Å². The zero-order valence-corrected chi connectivity index (χ0v) is 22.4. The maximum absolute atomic E-state index is 5.95. The number of ether oxygens (including phenoxy) is 2. The van der Waals surface area contributed by atoms with Crippen LogP contribution in [0.2, 0.25) is 0 Å². The highest BCUT2D eigenvalue weighted by Gasteiger charge is 2.20. The Labute approximate surface area is 206 Å². The van der Waals surface area contributed by atoms with Gasteiger partial charge in [0.25, 0.3) is 0 Å². The number of piperidine rings is 1. The van der Waals surface area contributed by atoms with E-state index in [1.807, 2.05) is 14.0 Å². The molecule has 6 nitrogen and oxygen atoms in total. The van der Waals surface area contributed by atoms with Crippen LogP contribution < -0.4 is 15.4 Å². The molecule has 1 aromatic rings. The van der Waals surface area contributed by atoms with Crippen LogP contribution in [0.3, 0.4) is 0 Å². The highest BCUT2D eigenvalue weighted by atomic mass is 127. The first-order valence-electron chi connectivity index (χ1n) is 11.5. The Hall–Kier alpha value is -1.06. The summed E-state index contributed by atoms with van der Waals surface area (Å²) in [4.78, 5) is 7.01. The summed E-state index contributed by atoms with van der Waals surface area (Å²) >= 11 is 0. The van der Waals surface area contributed by atoms with E-state index in [1.165, 1.54) is 38.0 Å². The third-order valence-corrected chi connectivity index (χ3v) is 5.37. The second-order valence-corrected chi connectivity index (χ2v) is 8.62. The molecule has 1 atom stereocenters. The van der Waals surface area contributed by atoms with Gasteiger partial charge in [-0.05, 0) is 56.7 Å². The number of guanidine groups is 1. The van der Waals surface area contributed by atoms with Crippen molar-refractivity contribution in [2.45, 2.75) is 47.1 Å². The van der Waals surface area contributed by atoms with Crippen molar-refractivity contribution in [1.82, 2.24) is 15.5 Å². The number of halogens is 1. The van der Waals surface area contributed by atoms with E-state index in [-0.39, 0.29) is 24.0 Å². The van der Waals surface area contributed by atoms with E-state index < -0.39 is 0 Å². The number of rotatable bonds is 11. The Morgan fingerprint density at radius 2 is 2.06 bits per heavy atom. The fourth-order valence-corrected chi connectivity index (χ4v) is 3.94. The number of nitrogens with zero attached hydrogens (tertiary/aromatic N) is 2. The molecule has 0 spiro atoms. The van der Waals surface area contributed by atoms with Crippen LogP contribution in [-0.4, -0.2) is 63.9 Å². The van der Waals surface area contributed by atoms with Gasteiger partial charge in [0, 0.05) is 45.4 Å². The smallest absolute Gasteiger partial charge is 0.191 e. The third-order valence-electron chi connectivity index (χ3n) is 5.37. The van der Waals surface area contributed by atoms with Gasteiger partial charge >= 0.3 is 0 Å². The van der Waals surface area contributed by atoms with E-state index >= 15 is 0 Å². The molecule has 2 N–H and O–H groups in total. The van der Waals surface area contributed by atoms with Gasteiger partial charge in [-0.1, -0.05) is 26.0 Å².